The van der Waals surface area contributed by atoms with E-state index < -0.39 is 0 Å². The predicted molar refractivity (Wildman–Crippen MR) is 535 cm³/mol. The van der Waals surface area contributed by atoms with Crippen LogP contribution in [0.2, 0.25) is 0 Å². The van der Waals surface area contributed by atoms with Crippen LogP contribution >= 0.6 is 22.7 Å². The molecule has 0 radical (unpaired) electrons. The molecule has 16 heteroatoms. The molecule has 132 heavy (non-hydrogen) atoms. The summed E-state index contributed by atoms with van der Waals surface area (Å²) in [4.78, 5) is 0. The van der Waals surface area contributed by atoms with E-state index in [4.69, 9.17) is 0 Å². The first-order chi connectivity index (χ1) is 65.1. The summed E-state index contributed by atoms with van der Waals surface area (Å²) in [5.41, 5.74) is 24.0. The van der Waals surface area contributed by atoms with E-state index in [9.17, 15) is 42.1 Å². The smallest absolute Gasteiger partial charge is 0.0991 e. The molecule has 0 atom stereocenters. The van der Waals surface area contributed by atoms with Gasteiger partial charge < -0.3 is 27.4 Å². The van der Waals surface area contributed by atoms with Crippen molar-refractivity contribution in [2.75, 3.05) is 0 Å². The second kappa shape index (κ2) is 31.7. The molecule has 18 aromatic carbocycles. The minimum absolute atomic E-state index is 0.598. The molecule has 26 aromatic rings. The number of aromatic nitrogens is 6. The second-order valence-electron chi connectivity index (χ2n) is 32.4. The Morgan fingerprint density at radius 3 is 0.871 bits per heavy atom. The zero-order valence-electron chi connectivity index (χ0n) is 69.9. The summed E-state index contributed by atoms with van der Waals surface area (Å²) < 4.78 is 18.6. The molecular weight excluding hydrogens is 1650 g/mol. The molecule has 0 spiro atoms. The molecule has 8 aromatic heterocycles. The molecule has 8 heterocycles. The third-order valence-corrected chi connectivity index (χ3v) is 27.5. The van der Waals surface area contributed by atoms with E-state index in [2.05, 4.69) is 294 Å². The van der Waals surface area contributed by atoms with Crippen LogP contribution in [0.1, 0.15) is 44.5 Å². The van der Waals surface area contributed by atoms with Crippen molar-refractivity contribution in [3.05, 3.63) is 421 Å². The maximum Gasteiger partial charge on any atom is 0.0991 e. The highest BCUT2D eigenvalue weighted by atomic mass is 32.1. The van der Waals surface area contributed by atoms with Crippen molar-refractivity contribution < 1.29 is 0 Å². The van der Waals surface area contributed by atoms with E-state index in [-0.39, 0.29) is 0 Å². The molecule has 0 unspecified atom stereocenters. The maximum atomic E-state index is 9.57. The van der Waals surface area contributed by atoms with Gasteiger partial charge in [0.05, 0.1) is 171 Å². The van der Waals surface area contributed by atoms with Gasteiger partial charge in [0.1, 0.15) is 0 Å². The van der Waals surface area contributed by atoms with Gasteiger partial charge in [0.15, 0.2) is 0 Å². The molecule has 0 saturated heterocycles. The normalized spacial score (nSPS) is 11.3. The molecule has 14 nitrogen and oxygen atoms in total. The number of thiophene rings is 2. The Balaban J connectivity index is 0.000000100. The van der Waals surface area contributed by atoms with Crippen molar-refractivity contribution >= 4 is 194 Å². The Kier molecular flexibility index (Phi) is 18.7. The number of nitrogens with zero attached hydrogens (tertiary/aromatic N) is 14. The Morgan fingerprint density at radius 2 is 0.432 bits per heavy atom. The minimum Gasteiger partial charge on any atom is -0.309 e. The van der Waals surface area contributed by atoms with Crippen molar-refractivity contribution in [1.82, 2.24) is 27.4 Å². The summed E-state index contributed by atoms with van der Waals surface area (Å²) in [5.74, 6) is 0. The molecule has 0 fully saturated rings. The molecule has 0 amide bonds. The maximum absolute atomic E-state index is 9.57. The van der Waals surface area contributed by atoms with Crippen LogP contribution in [-0.4, -0.2) is 27.4 Å². The summed E-state index contributed by atoms with van der Waals surface area (Å²) in [5, 5.41) is 93.2. The Hall–Kier alpha value is -18.9. The summed E-state index contributed by atoms with van der Waals surface area (Å²) >= 11 is 3.59. The number of rotatable bonds is 6. The van der Waals surface area contributed by atoms with Crippen LogP contribution in [0.25, 0.3) is 205 Å². The van der Waals surface area contributed by atoms with Crippen molar-refractivity contribution in [2.45, 2.75) is 0 Å². The van der Waals surface area contributed by atoms with Crippen LogP contribution in [0, 0.1) is 90.6 Å². The number of hydrogen-bond donors (Lipinski definition) is 0. The Bertz CT molecular complexity index is 9520. The topological polar surface area (TPSA) is 220 Å². The van der Waals surface area contributed by atoms with Gasteiger partial charge in [-0.1, -0.05) is 133 Å². The minimum atomic E-state index is 0.598. The van der Waals surface area contributed by atoms with Crippen LogP contribution in [0.3, 0.4) is 0 Å². The molecule has 0 N–H and O–H groups in total. The lowest BCUT2D eigenvalue weighted by Crippen LogP contribution is -2.00. The standard InChI is InChI=1S/2C32H18N4.2C26H13N3S/c33-19-21-13-15-29-26(17-21)27-18-22(20-34)14-16-30(27)36(29)31-12-6-10-25-24-9-4-5-11-28(24)35(32(25)31)23-7-2-1-3-8-23;33-19-21-10-13-30-26(16-21)27-17-22(20-34)11-14-31(27)36(30)24-12-15-32-28(18-24)25-8-4-5-9-29(25)35(32)23-6-2-1-3-7-23;27-14-16-8-10-21-19(12-16)20-13-17(15-28)9-11-22(20)29(21)23-5-3-7-25-26(23)18-4-1-2-6-24(18)30-25;27-14-16-5-9-23-21(11-16)22-12-17(15-28)6-10-24(22)29(23)18-7-8-20-19-3-1-2-4-25(19)30-26(20)13-18/h2*1-18H;2*1-13H. The van der Waals surface area contributed by atoms with Crippen molar-refractivity contribution in [2.24, 2.45) is 0 Å². The molecule has 0 bridgehead atoms. The zero-order chi connectivity index (χ0) is 88.9. The first-order valence-corrected chi connectivity index (χ1v) is 44.3. The van der Waals surface area contributed by atoms with Crippen LogP contribution in [0.4, 0.5) is 0 Å². The fourth-order valence-electron chi connectivity index (χ4n) is 19.5. The SMILES string of the molecule is N#Cc1ccc2c(c1)c1cc(C#N)ccc1n2-c1ccc2c(c1)c1ccccc1n2-c1ccccc1.N#Cc1ccc2c(c1)c1cc(C#N)ccc1n2-c1ccc2c(c1)sc1ccccc12.N#Cc1ccc2c(c1)c1cc(C#N)ccc1n2-c1cccc2c3ccccc3n(-c3ccccc3)c12.N#Cc1ccc2c(c1)c1cc(C#N)ccc1n2-c1cccc2sc3ccccc3c12. The highest BCUT2D eigenvalue weighted by molar-refractivity contribution is 7.26. The van der Waals surface area contributed by atoms with Crippen molar-refractivity contribution in [3.8, 4) is 82.7 Å². The van der Waals surface area contributed by atoms with Gasteiger partial charge in [-0.05, 0) is 243 Å². The third-order valence-electron chi connectivity index (χ3n) is 25.2. The van der Waals surface area contributed by atoms with Gasteiger partial charge in [0.2, 0.25) is 0 Å². The van der Waals surface area contributed by atoms with E-state index >= 15 is 0 Å². The summed E-state index contributed by atoms with van der Waals surface area (Å²) in [6, 6.07) is 145. The van der Waals surface area contributed by atoms with E-state index in [1.165, 1.54) is 61.9 Å². The quantitative estimate of drug-likeness (QED) is 0.155. The zero-order valence-corrected chi connectivity index (χ0v) is 71.5. The van der Waals surface area contributed by atoms with Crippen molar-refractivity contribution in [3.63, 3.8) is 0 Å². The van der Waals surface area contributed by atoms with Crippen LogP contribution in [0.15, 0.2) is 376 Å². The van der Waals surface area contributed by atoms with Crippen LogP contribution in [0.5, 0.6) is 0 Å². The van der Waals surface area contributed by atoms with Gasteiger partial charge >= 0.3 is 0 Å². The molecule has 0 saturated carbocycles. The number of hydrogen-bond acceptors (Lipinski definition) is 10. The summed E-state index contributed by atoms with van der Waals surface area (Å²) in [6.45, 7) is 0. The number of para-hydroxylation sites is 5. The lowest BCUT2D eigenvalue weighted by molar-refractivity contribution is 1.13. The van der Waals surface area contributed by atoms with E-state index in [1.807, 2.05) is 158 Å². The van der Waals surface area contributed by atoms with Gasteiger partial charge in [0, 0.05) is 128 Å². The molecule has 0 aliphatic heterocycles. The largest absolute Gasteiger partial charge is 0.309 e. The fraction of sp³-hybridized carbons (Fsp3) is 0. The number of fused-ring (bicyclic) bond motifs is 24. The summed E-state index contributed by atoms with van der Waals surface area (Å²) in [6.07, 6.45) is 0. The van der Waals surface area contributed by atoms with Gasteiger partial charge in [-0.25, -0.2) is 0 Å². The van der Waals surface area contributed by atoms with E-state index in [1.54, 1.807) is 22.7 Å². The Labute approximate surface area is 761 Å². The monoisotopic (exact) mass is 1710 g/mol. The number of benzene rings is 18. The first kappa shape index (κ1) is 77.9. The lowest BCUT2D eigenvalue weighted by atomic mass is 10.1. The molecule has 0 aliphatic carbocycles. The second-order valence-corrected chi connectivity index (χ2v) is 34.5. The lowest BCUT2D eigenvalue weighted by Gasteiger charge is -2.14. The van der Waals surface area contributed by atoms with Gasteiger partial charge in [-0.2, -0.15) is 42.1 Å². The number of nitriles is 8. The summed E-state index contributed by atoms with van der Waals surface area (Å²) in [7, 11) is 0. The van der Waals surface area contributed by atoms with Crippen LogP contribution in [-0.2, 0) is 0 Å². The highest BCUT2D eigenvalue weighted by Gasteiger charge is 2.25. The third kappa shape index (κ3) is 12.6. The molecule has 26 rings (SSSR count). The highest BCUT2D eigenvalue weighted by Crippen LogP contribution is 2.46. The first-order valence-electron chi connectivity index (χ1n) is 42.6. The molecule has 0 aliphatic rings. The predicted octanol–water partition coefficient (Wildman–Crippen LogP) is 29.0. The van der Waals surface area contributed by atoms with E-state index in [0.29, 0.717) is 44.5 Å². The van der Waals surface area contributed by atoms with Gasteiger partial charge in [-0.3, -0.25) is 0 Å². The fourth-order valence-corrected chi connectivity index (χ4v) is 21.8. The van der Waals surface area contributed by atoms with Gasteiger partial charge in [-0.15, -0.1) is 22.7 Å². The molecular formula is C116H62N14S2. The van der Waals surface area contributed by atoms with E-state index in [0.717, 1.165) is 143 Å². The van der Waals surface area contributed by atoms with Gasteiger partial charge in [0.25, 0.3) is 0 Å². The average molecular weight is 1720 g/mol. The molecule has 608 valence electrons. The average Bonchev–Trinajstić information content (AvgIpc) is 1.55. The van der Waals surface area contributed by atoms with Crippen LogP contribution < -0.4 is 0 Å². The Morgan fingerprint density at radius 1 is 0.159 bits per heavy atom. The van der Waals surface area contributed by atoms with Crippen molar-refractivity contribution in [1.29, 1.82) is 42.1 Å².